The molecule has 0 saturated carbocycles. The van der Waals surface area contributed by atoms with Gasteiger partial charge < -0.3 is 10.5 Å². The summed E-state index contributed by atoms with van der Waals surface area (Å²) in [7, 11) is 3.37. The molecule has 0 aliphatic heterocycles. The van der Waals surface area contributed by atoms with E-state index >= 15 is 0 Å². The van der Waals surface area contributed by atoms with Gasteiger partial charge in [-0.2, -0.15) is 10.1 Å². The molecule has 0 radical (unpaired) electrons. The lowest BCUT2D eigenvalue weighted by molar-refractivity contribution is 0.398. The number of nitrogen functional groups attached to an aromatic ring is 1. The Morgan fingerprint density at radius 1 is 1.33 bits per heavy atom. The van der Waals surface area contributed by atoms with Crippen molar-refractivity contribution in [3.05, 3.63) is 18.3 Å². The van der Waals surface area contributed by atoms with Gasteiger partial charge in [-0.15, -0.1) is 0 Å². The molecule has 0 amide bonds. The van der Waals surface area contributed by atoms with Crippen LogP contribution in [0.1, 0.15) is 0 Å². The van der Waals surface area contributed by atoms with Gasteiger partial charge in [-0.3, -0.25) is 4.68 Å². The van der Waals surface area contributed by atoms with Crippen LogP contribution in [0, 0.1) is 0 Å². The van der Waals surface area contributed by atoms with Crippen molar-refractivity contribution < 1.29 is 4.74 Å². The van der Waals surface area contributed by atoms with Gasteiger partial charge in [0.1, 0.15) is 5.69 Å². The zero-order valence-corrected chi connectivity index (χ0v) is 8.51. The monoisotopic (exact) mass is 205 g/mol. The summed E-state index contributed by atoms with van der Waals surface area (Å²) >= 11 is 0. The highest BCUT2D eigenvalue weighted by Gasteiger charge is 2.07. The van der Waals surface area contributed by atoms with E-state index in [0.717, 1.165) is 5.69 Å². The third-order valence-electron chi connectivity index (χ3n) is 1.91. The summed E-state index contributed by atoms with van der Waals surface area (Å²) in [4.78, 5) is 7.97. The molecule has 2 N–H and O–H groups in total. The third-order valence-corrected chi connectivity index (χ3v) is 1.91. The van der Waals surface area contributed by atoms with Crippen LogP contribution in [0.5, 0.6) is 5.88 Å². The van der Waals surface area contributed by atoms with E-state index < -0.39 is 0 Å². The average Bonchev–Trinajstić information content (AvgIpc) is 2.64. The first-order valence-corrected chi connectivity index (χ1v) is 4.37. The van der Waals surface area contributed by atoms with Crippen LogP contribution in [0.2, 0.25) is 0 Å². The molecular formula is C9H11N5O. The molecule has 0 unspecified atom stereocenters. The number of rotatable bonds is 2. The van der Waals surface area contributed by atoms with Crippen molar-refractivity contribution in [3.8, 4) is 17.3 Å². The number of nitrogens with two attached hydrogens (primary N) is 1. The maximum Gasteiger partial charge on any atom is 0.223 e. The van der Waals surface area contributed by atoms with Gasteiger partial charge in [0.15, 0.2) is 0 Å². The lowest BCUT2D eigenvalue weighted by Crippen LogP contribution is -1.99. The Hall–Kier alpha value is -2.11. The molecule has 0 aliphatic rings. The molecule has 0 spiro atoms. The van der Waals surface area contributed by atoms with Gasteiger partial charge in [-0.05, 0) is 6.07 Å². The fraction of sp³-hybridized carbons (Fsp3) is 0.222. The first-order chi connectivity index (χ1) is 7.19. The van der Waals surface area contributed by atoms with Crippen molar-refractivity contribution in [1.29, 1.82) is 0 Å². The minimum atomic E-state index is 0.176. The second-order valence-corrected chi connectivity index (χ2v) is 3.03. The van der Waals surface area contributed by atoms with Crippen molar-refractivity contribution >= 4 is 5.95 Å². The number of hydrogen-bond acceptors (Lipinski definition) is 5. The Morgan fingerprint density at radius 2 is 2.13 bits per heavy atom. The van der Waals surface area contributed by atoms with E-state index in [-0.39, 0.29) is 5.95 Å². The van der Waals surface area contributed by atoms with Gasteiger partial charge in [0.2, 0.25) is 11.8 Å². The zero-order valence-electron chi connectivity index (χ0n) is 8.51. The lowest BCUT2D eigenvalue weighted by atomic mass is 10.3. The quantitative estimate of drug-likeness (QED) is 0.770. The van der Waals surface area contributed by atoms with Crippen LogP contribution in [-0.4, -0.2) is 26.9 Å². The van der Waals surface area contributed by atoms with Crippen LogP contribution in [0.25, 0.3) is 11.4 Å². The summed E-state index contributed by atoms with van der Waals surface area (Å²) in [5, 5.41) is 4.21. The molecule has 78 valence electrons. The molecule has 2 aromatic rings. The Bertz CT molecular complexity index is 479. The second-order valence-electron chi connectivity index (χ2n) is 3.03. The SMILES string of the molecule is COc1cc(-c2ccn(C)n2)nc(N)n1. The minimum absolute atomic E-state index is 0.176. The van der Waals surface area contributed by atoms with Gasteiger partial charge in [0.05, 0.1) is 12.8 Å². The van der Waals surface area contributed by atoms with E-state index in [1.54, 1.807) is 10.7 Å². The topological polar surface area (TPSA) is 78.8 Å². The van der Waals surface area contributed by atoms with Gasteiger partial charge in [-0.1, -0.05) is 0 Å². The number of aromatic nitrogens is 4. The zero-order chi connectivity index (χ0) is 10.8. The highest BCUT2D eigenvalue weighted by molar-refractivity contribution is 5.56. The maximum atomic E-state index is 5.54. The first-order valence-electron chi connectivity index (χ1n) is 4.37. The van der Waals surface area contributed by atoms with Gasteiger partial charge in [0.25, 0.3) is 0 Å². The van der Waals surface area contributed by atoms with Gasteiger partial charge >= 0.3 is 0 Å². The van der Waals surface area contributed by atoms with Crippen LogP contribution in [-0.2, 0) is 7.05 Å². The fourth-order valence-electron chi connectivity index (χ4n) is 1.23. The Kier molecular flexibility index (Phi) is 2.24. The van der Waals surface area contributed by atoms with E-state index in [0.29, 0.717) is 11.6 Å². The number of ether oxygens (including phenoxy) is 1. The van der Waals surface area contributed by atoms with Crippen molar-refractivity contribution in [3.63, 3.8) is 0 Å². The number of hydrogen-bond donors (Lipinski definition) is 1. The normalized spacial score (nSPS) is 10.3. The Labute approximate surface area is 86.7 Å². The summed E-state index contributed by atoms with van der Waals surface area (Å²) < 4.78 is 6.69. The number of methoxy groups -OCH3 is 1. The summed E-state index contributed by atoms with van der Waals surface area (Å²) in [5.41, 5.74) is 6.94. The van der Waals surface area contributed by atoms with E-state index in [1.165, 1.54) is 7.11 Å². The predicted molar refractivity (Wildman–Crippen MR) is 55.2 cm³/mol. The molecule has 0 aromatic carbocycles. The summed E-state index contributed by atoms with van der Waals surface area (Å²) in [6, 6.07) is 3.54. The highest BCUT2D eigenvalue weighted by Crippen LogP contribution is 2.19. The van der Waals surface area contributed by atoms with Crippen LogP contribution in [0.4, 0.5) is 5.95 Å². The molecule has 15 heavy (non-hydrogen) atoms. The van der Waals surface area contributed by atoms with Crippen LogP contribution in [0.15, 0.2) is 18.3 Å². The standard InChI is InChI=1S/C9H11N5O/c1-14-4-3-6(13-14)7-5-8(15-2)12-9(10)11-7/h3-5H,1-2H3,(H2,10,11,12). The van der Waals surface area contributed by atoms with Gasteiger partial charge in [0, 0.05) is 19.3 Å². The molecule has 0 bridgehead atoms. The number of anilines is 1. The molecule has 0 saturated heterocycles. The molecule has 6 nitrogen and oxygen atoms in total. The molecule has 2 heterocycles. The molecule has 0 fully saturated rings. The molecule has 0 atom stereocenters. The van der Waals surface area contributed by atoms with Crippen molar-refractivity contribution in [2.45, 2.75) is 0 Å². The fourth-order valence-corrected chi connectivity index (χ4v) is 1.23. The average molecular weight is 205 g/mol. The summed E-state index contributed by atoms with van der Waals surface area (Å²) in [5.74, 6) is 0.609. The largest absolute Gasteiger partial charge is 0.481 e. The molecule has 2 rings (SSSR count). The predicted octanol–water partition coefficient (Wildman–Crippen LogP) is 0.468. The van der Waals surface area contributed by atoms with Crippen molar-refractivity contribution in [2.75, 3.05) is 12.8 Å². The van der Waals surface area contributed by atoms with Crippen molar-refractivity contribution in [1.82, 2.24) is 19.7 Å². The molecule has 6 heteroatoms. The third kappa shape index (κ3) is 1.88. The lowest BCUT2D eigenvalue weighted by Gasteiger charge is -2.02. The minimum Gasteiger partial charge on any atom is -0.481 e. The van der Waals surface area contributed by atoms with E-state index in [4.69, 9.17) is 10.5 Å². The van der Waals surface area contributed by atoms with Gasteiger partial charge in [-0.25, -0.2) is 4.98 Å². The van der Waals surface area contributed by atoms with Crippen LogP contribution in [0.3, 0.4) is 0 Å². The molecule has 2 aromatic heterocycles. The second kappa shape index (κ2) is 3.56. The Morgan fingerprint density at radius 3 is 2.73 bits per heavy atom. The smallest absolute Gasteiger partial charge is 0.223 e. The van der Waals surface area contributed by atoms with Crippen LogP contribution >= 0.6 is 0 Å². The summed E-state index contributed by atoms with van der Waals surface area (Å²) in [6.07, 6.45) is 1.83. The number of aryl methyl sites for hydroxylation is 1. The maximum absolute atomic E-state index is 5.54. The summed E-state index contributed by atoms with van der Waals surface area (Å²) in [6.45, 7) is 0. The Balaban J connectivity index is 2.48. The van der Waals surface area contributed by atoms with E-state index in [9.17, 15) is 0 Å². The molecule has 0 aliphatic carbocycles. The van der Waals surface area contributed by atoms with E-state index in [1.807, 2.05) is 19.3 Å². The first kappa shape index (κ1) is 9.45. The van der Waals surface area contributed by atoms with Crippen LogP contribution < -0.4 is 10.5 Å². The molecular weight excluding hydrogens is 194 g/mol. The number of nitrogens with zero attached hydrogens (tertiary/aromatic N) is 4. The van der Waals surface area contributed by atoms with E-state index in [2.05, 4.69) is 15.1 Å². The van der Waals surface area contributed by atoms with Crippen molar-refractivity contribution in [2.24, 2.45) is 7.05 Å². The highest BCUT2D eigenvalue weighted by atomic mass is 16.5.